The molecule has 0 bridgehead atoms. The Bertz CT molecular complexity index is 876. The standard InChI is InChI=1S/C21H19NO4/c1-24-18-12-13-19(20(14-18)25-2)22-21(23)15-8-10-17(11-9-15)26-16-6-4-3-5-7-16/h3-14H,1-2H3,(H,22,23). The number of amides is 1. The van der Waals surface area contributed by atoms with Gasteiger partial charge in [-0.15, -0.1) is 0 Å². The number of rotatable bonds is 6. The van der Waals surface area contributed by atoms with Crippen LogP contribution in [0.4, 0.5) is 5.69 Å². The van der Waals surface area contributed by atoms with Crippen molar-refractivity contribution in [3.63, 3.8) is 0 Å². The number of hydrogen-bond donors (Lipinski definition) is 1. The highest BCUT2D eigenvalue weighted by Gasteiger charge is 2.11. The molecular formula is C21H19NO4. The molecule has 0 aliphatic carbocycles. The normalized spacial score (nSPS) is 10.1. The highest BCUT2D eigenvalue weighted by Crippen LogP contribution is 2.29. The fourth-order valence-electron chi connectivity index (χ4n) is 2.40. The van der Waals surface area contributed by atoms with Crippen molar-refractivity contribution in [3.05, 3.63) is 78.4 Å². The number of benzene rings is 3. The van der Waals surface area contributed by atoms with E-state index in [-0.39, 0.29) is 5.91 Å². The second kappa shape index (κ2) is 8.07. The van der Waals surface area contributed by atoms with E-state index in [0.29, 0.717) is 28.5 Å². The minimum Gasteiger partial charge on any atom is -0.497 e. The molecule has 0 heterocycles. The third kappa shape index (κ3) is 4.13. The topological polar surface area (TPSA) is 56.8 Å². The minimum atomic E-state index is -0.236. The van der Waals surface area contributed by atoms with E-state index in [1.165, 1.54) is 0 Å². The third-order valence-corrected chi connectivity index (χ3v) is 3.75. The van der Waals surface area contributed by atoms with Gasteiger partial charge in [-0.1, -0.05) is 18.2 Å². The van der Waals surface area contributed by atoms with Crippen LogP contribution in [-0.4, -0.2) is 20.1 Å². The van der Waals surface area contributed by atoms with Crippen LogP contribution < -0.4 is 19.5 Å². The van der Waals surface area contributed by atoms with Crippen LogP contribution in [0.25, 0.3) is 0 Å². The molecule has 1 N–H and O–H groups in total. The Morgan fingerprint density at radius 3 is 2.08 bits per heavy atom. The van der Waals surface area contributed by atoms with E-state index in [2.05, 4.69) is 5.32 Å². The molecule has 132 valence electrons. The zero-order valence-corrected chi connectivity index (χ0v) is 14.6. The quantitative estimate of drug-likeness (QED) is 0.698. The molecule has 0 radical (unpaired) electrons. The third-order valence-electron chi connectivity index (χ3n) is 3.75. The molecule has 5 nitrogen and oxygen atoms in total. The maximum Gasteiger partial charge on any atom is 0.255 e. The number of carbonyl (C=O) groups is 1. The first kappa shape index (κ1) is 17.4. The summed E-state index contributed by atoms with van der Waals surface area (Å²) in [6, 6.07) is 21.6. The van der Waals surface area contributed by atoms with Crippen molar-refractivity contribution in [3.8, 4) is 23.0 Å². The molecule has 0 aromatic heterocycles. The number of nitrogens with one attached hydrogen (secondary N) is 1. The smallest absolute Gasteiger partial charge is 0.255 e. The first-order chi connectivity index (χ1) is 12.7. The lowest BCUT2D eigenvalue weighted by Gasteiger charge is -2.12. The maximum absolute atomic E-state index is 12.5. The van der Waals surface area contributed by atoms with E-state index >= 15 is 0 Å². The van der Waals surface area contributed by atoms with Crippen molar-refractivity contribution in [1.82, 2.24) is 0 Å². The second-order valence-electron chi connectivity index (χ2n) is 5.46. The Balaban J connectivity index is 1.70. The van der Waals surface area contributed by atoms with Gasteiger partial charge < -0.3 is 19.5 Å². The van der Waals surface area contributed by atoms with E-state index in [0.717, 1.165) is 5.75 Å². The van der Waals surface area contributed by atoms with Gasteiger partial charge in [0.25, 0.3) is 5.91 Å². The fraction of sp³-hybridized carbons (Fsp3) is 0.0952. The highest BCUT2D eigenvalue weighted by atomic mass is 16.5. The molecule has 3 aromatic carbocycles. The minimum absolute atomic E-state index is 0.236. The molecule has 3 aromatic rings. The molecule has 0 saturated heterocycles. The van der Waals surface area contributed by atoms with Crippen LogP contribution in [0.3, 0.4) is 0 Å². The van der Waals surface area contributed by atoms with Crippen molar-refractivity contribution in [1.29, 1.82) is 0 Å². The predicted octanol–water partition coefficient (Wildman–Crippen LogP) is 4.75. The highest BCUT2D eigenvalue weighted by molar-refractivity contribution is 6.05. The van der Waals surface area contributed by atoms with Gasteiger partial charge in [0, 0.05) is 11.6 Å². The van der Waals surface area contributed by atoms with Crippen molar-refractivity contribution in [2.75, 3.05) is 19.5 Å². The Hall–Kier alpha value is -3.47. The van der Waals surface area contributed by atoms with Crippen LogP contribution in [-0.2, 0) is 0 Å². The average molecular weight is 349 g/mol. The molecule has 0 unspecified atom stereocenters. The molecule has 0 aliphatic heterocycles. The Morgan fingerprint density at radius 1 is 0.769 bits per heavy atom. The van der Waals surface area contributed by atoms with Crippen LogP contribution in [0.15, 0.2) is 72.8 Å². The van der Waals surface area contributed by atoms with E-state index < -0.39 is 0 Å². The number of para-hydroxylation sites is 1. The Morgan fingerprint density at radius 2 is 1.42 bits per heavy atom. The van der Waals surface area contributed by atoms with Crippen molar-refractivity contribution < 1.29 is 19.0 Å². The molecule has 0 spiro atoms. The number of carbonyl (C=O) groups excluding carboxylic acids is 1. The molecule has 0 atom stereocenters. The fourth-order valence-corrected chi connectivity index (χ4v) is 2.40. The van der Waals surface area contributed by atoms with Crippen LogP contribution in [0.5, 0.6) is 23.0 Å². The summed E-state index contributed by atoms with van der Waals surface area (Å²) in [5.74, 6) is 2.35. The van der Waals surface area contributed by atoms with Crippen LogP contribution >= 0.6 is 0 Å². The van der Waals surface area contributed by atoms with E-state index in [1.807, 2.05) is 30.3 Å². The number of methoxy groups -OCH3 is 2. The molecule has 0 fully saturated rings. The average Bonchev–Trinajstić information content (AvgIpc) is 2.69. The van der Waals surface area contributed by atoms with E-state index in [4.69, 9.17) is 14.2 Å². The SMILES string of the molecule is COc1ccc(NC(=O)c2ccc(Oc3ccccc3)cc2)c(OC)c1. The van der Waals surface area contributed by atoms with Gasteiger partial charge in [0.1, 0.15) is 23.0 Å². The van der Waals surface area contributed by atoms with Gasteiger partial charge in [0.05, 0.1) is 19.9 Å². The Kier molecular flexibility index (Phi) is 5.39. The summed E-state index contributed by atoms with van der Waals surface area (Å²) in [5, 5.41) is 2.84. The molecular weight excluding hydrogens is 330 g/mol. The number of ether oxygens (including phenoxy) is 3. The van der Waals surface area contributed by atoms with E-state index in [1.54, 1.807) is 56.7 Å². The lowest BCUT2D eigenvalue weighted by molar-refractivity contribution is 0.102. The van der Waals surface area contributed by atoms with Gasteiger partial charge in [-0.3, -0.25) is 4.79 Å². The van der Waals surface area contributed by atoms with Crippen molar-refractivity contribution >= 4 is 11.6 Å². The first-order valence-electron chi connectivity index (χ1n) is 8.06. The summed E-state index contributed by atoms with van der Waals surface area (Å²) >= 11 is 0. The van der Waals surface area contributed by atoms with E-state index in [9.17, 15) is 4.79 Å². The van der Waals surface area contributed by atoms with Crippen molar-refractivity contribution in [2.45, 2.75) is 0 Å². The van der Waals surface area contributed by atoms with Gasteiger partial charge >= 0.3 is 0 Å². The molecule has 3 rings (SSSR count). The molecule has 0 saturated carbocycles. The molecule has 5 heteroatoms. The molecule has 1 amide bonds. The number of hydrogen-bond acceptors (Lipinski definition) is 4. The summed E-state index contributed by atoms with van der Waals surface area (Å²) in [6.45, 7) is 0. The van der Waals surface area contributed by atoms with Crippen LogP contribution in [0.1, 0.15) is 10.4 Å². The summed E-state index contributed by atoms with van der Waals surface area (Å²) in [5.41, 5.74) is 1.09. The summed E-state index contributed by atoms with van der Waals surface area (Å²) < 4.78 is 16.2. The molecule has 0 aliphatic rings. The maximum atomic E-state index is 12.5. The summed E-state index contributed by atoms with van der Waals surface area (Å²) in [6.07, 6.45) is 0. The van der Waals surface area contributed by atoms with Gasteiger partial charge in [0.15, 0.2) is 0 Å². The zero-order valence-electron chi connectivity index (χ0n) is 14.6. The molecule has 26 heavy (non-hydrogen) atoms. The summed E-state index contributed by atoms with van der Waals surface area (Å²) in [4.78, 5) is 12.5. The lowest BCUT2D eigenvalue weighted by atomic mass is 10.2. The monoisotopic (exact) mass is 349 g/mol. The predicted molar refractivity (Wildman–Crippen MR) is 100 cm³/mol. The Labute approximate surface area is 152 Å². The van der Waals surface area contributed by atoms with Crippen LogP contribution in [0.2, 0.25) is 0 Å². The number of anilines is 1. The van der Waals surface area contributed by atoms with Crippen LogP contribution in [0, 0.1) is 0 Å². The van der Waals surface area contributed by atoms with Crippen molar-refractivity contribution in [2.24, 2.45) is 0 Å². The van der Waals surface area contributed by atoms with Gasteiger partial charge in [0.2, 0.25) is 0 Å². The lowest BCUT2D eigenvalue weighted by Crippen LogP contribution is -2.12. The largest absolute Gasteiger partial charge is 0.497 e. The first-order valence-corrected chi connectivity index (χ1v) is 8.06. The van der Waals surface area contributed by atoms with Gasteiger partial charge in [-0.05, 0) is 48.5 Å². The summed E-state index contributed by atoms with van der Waals surface area (Å²) in [7, 11) is 3.12. The second-order valence-corrected chi connectivity index (χ2v) is 5.46. The zero-order chi connectivity index (χ0) is 18.4. The van der Waals surface area contributed by atoms with Gasteiger partial charge in [-0.2, -0.15) is 0 Å². The van der Waals surface area contributed by atoms with Gasteiger partial charge in [-0.25, -0.2) is 0 Å².